The van der Waals surface area contributed by atoms with Crippen molar-refractivity contribution in [3.63, 3.8) is 0 Å². The van der Waals surface area contributed by atoms with Crippen molar-refractivity contribution in [3.8, 4) is 0 Å². The van der Waals surface area contributed by atoms with E-state index in [1.54, 1.807) is 7.11 Å². The second-order valence-electron chi connectivity index (χ2n) is 6.52. The number of benzene rings is 1. The zero-order valence-electron chi connectivity index (χ0n) is 14.9. The van der Waals surface area contributed by atoms with Crippen molar-refractivity contribution in [2.75, 3.05) is 26.8 Å². The highest BCUT2D eigenvalue weighted by Gasteiger charge is 2.28. The average molecular weight is 355 g/mol. The number of carbonyl (C=O) groups excluding carboxylic acids is 1. The Morgan fingerprint density at radius 2 is 2.04 bits per heavy atom. The Balaban J connectivity index is 0.00000288. The lowest BCUT2D eigenvalue weighted by Crippen LogP contribution is -2.44. The van der Waals surface area contributed by atoms with Crippen LogP contribution in [-0.4, -0.2) is 43.7 Å². The number of halogens is 1. The van der Waals surface area contributed by atoms with Gasteiger partial charge in [-0.3, -0.25) is 4.79 Å². The summed E-state index contributed by atoms with van der Waals surface area (Å²) >= 11 is 0. The van der Waals surface area contributed by atoms with Gasteiger partial charge in [0.25, 0.3) is 0 Å². The fourth-order valence-electron chi connectivity index (χ4n) is 3.23. The van der Waals surface area contributed by atoms with Gasteiger partial charge in [-0.25, -0.2) is 0 Å². The molecule has 0 spiro atoms. The van der Waals surface area contributed by atoms with E-state index in [0.29, 0.717) is 18.5 Å². The van der Waals surface area contributed by atoms with E-state index in [-0.39, 0.29) is 18.3 Å². The zero-order valence-corrected chi connectivity index (χ0v) is 15.7. The number of hydrogen-bond donors (Lipinski definition) is 1. The highest BCUT2D eigenvalue weighted by atomic mass is 35.5. The molecule has 1 aromatic rings. The van der Waals surface area contributed by atoms with Gasteiger partial charge in [0.2, 0.25) is 5.91 Å². The van der Waals surface area contributed by atoms with Crippen LogP contribution >= 0.6 is 12.4 Å². The molecule has 2 atom stereocenters. The largest absolute Gasteiger partial charge is 0.385 e. The van der Waals surface area contributed by atoms with E-state index in [1.807, 2.05) is 23.1 Å². The lowest BCUT2D eigenvalue weighted by Gasteiger charge is -2.32. The van der Waals surface area contributed by atoms with Gasteiger partial charge in [-0.05, 0) is 44.7 Å². The Labute approximate surface area is 152 Å². The summed E-state index contributed by atoms with van der Waals surface area (Å²) in [5, 5.41) is 3.43. The Hall–Kier alpha value is -1.10. The van der Waals surface area contributed by atoms with Crippen molar-refractivity contribution in [3.05, 3.63) is 35.9 Å². The van der Waals surface area contributed by atoms with Crippen molar-refractivity contribution >= 4 is 18.3 Å². The predicted octanol–water partition coefficient (Wildman–Crippen LogP) is 3.25. The summed E-state index contributed by atoms with van der Waals surface area (Å²) in [5.74, 6) is 0.483. The summed E-state index contributed by atoms with van der Waals surface area (Å²) in [7, 11) is 1.73. The van der Waals surface area contributed by atoms with Crippen LogP contribution in [0.25, 0.3) is 0 Å². The number of unbranched alkanes of at least 4 members (excludes halogenated alkanes) is 1. The molecule has 1 aromatic carbocycles. The third-order valence-corrected chi connectivity index (χ3v) is 4.53. The lowest BCUT2D eigenvalue weighted by molar-refractivity contribution is -0.137. The third-order valence-electron chi connectivity index (χ3n) is 4.53. The normalized spacial score (nSPS) is 20.2. The summed E-state index contributed by atoms with van der Waals surface area (Å²) in [6, 6.07) is 10.7. The maximum Gasteiger partial charge on any atom is 0.226 e. The first-order valence-corrected chi connectivity index (χ1v) is 8.75. The van der Waals surface area contributed by atoms with Crippen LogP contribution in [0.5, 0.6) is 0 Å². The standard InChI is InChI=1S/C19H30N2O2.ClH/c1-16-14-18(10-11-20-16)19(22)21(12-6-7-13-23-2)15-17-8-4-3-5-9-17;/h3-5,8-9,16,18,20H,6-7,10-15H2,1-2H3;1H/t16-,18-;/m0./s1. The van der Waals surface area contributed by atoms with E-state index in [1.165, 1.54) is 5.56 Å². The first kappa shape index (κ1) is 20.9. The molecule has 4 nitrogen and oxygen atoms in total. The number of piperidine rings is 1. The molecule has 1 heterocycles. The maximum atomic E-state index is 13.0. The molecule has 24 heavy (non-hydrogen) atoms. The summed E-state index contributed by atoms with van der Waals surface area (Å²) in [6.07, 6.45) is 3.89. The van der Waals surface area contributed by atoms with Crippen LogP contribution in [0.3, 0.4) is 0 Å². The van der Waals surface area contributed by atoms with Crippen LogP contribution in [0.1, 0.15) is 38.2 Å². The fourth-order valence-corrected chi connectivity index (χ4v) is 3.23. The Kier molecular flexibility index (Phi) is 9.99. The van der Waals surface area contributed by atoms with Crippen molar-refractivity contribution in [2.45, 2.75) is 45.2 Å². The van der Waals surface area contributed by atoms with Crippen molar-refractivity contribution in [2.24, 2.45) is 5.92 Å². The van der Waals surface area contributed by atoms with Gasteiger partial charge >= 0.3 is 0 Å². The Bertz CT molecular complexity index is 470. The summed E-state index contributed by atoms with van der Waals surface area (Å²) in [6.45, 7) is 5.40. The SMILES string of the molecule is COCCCCN(Cc1ccccc1)C(=O)[C@H]1CCN[C@@H](C)C1.Cl. The number of rotatable bonds is 8. The smallest absolute Gasteiger partial charge is 0.226 e. The molecule has 1 aliphatic rings. The van der Waals surface area contributed by atoms with Crippen LogP contribution in [0.2, 0.25) is 0 Å². The summed E-state index contributed by atoms with van der Waals surface area (Å²) in [5.41, 5.74) is 1.20. The van der Waals surface area contributed by atoms with Gasteiger partial charge in [-0.15, -0.1) is 12.4 Å². The minimum absolute atomic E-state index is 0. The molecule has 1 amide bonds. The van der Waals surface area contributed by atoms with Crippen LogP contribution in [0.15, 0.2) is 30.3 Å². The highest BCUT2D eigenvalue weighted by Crippen LogP contribution is 2.20. The molecule has 136 valence electrons. The first-order valence-electron chi connectivity index (χ1n) is 8.75. The first-order chi connectivity index (χ1) is 11.2. The molecule has 2 rings (SSSR count). The van der Waals surface area contributed by atoms with Gasteiger partial charge < -0.3 is 15.0 Å². The van der Waals surface area contributed by atoms with Gasteiger partial charge in [-0.2, -0.15) is 0 Å². The molecule has 0 aliphatic carbocycles. The van der Waals surface area contributed by atoms with Crippen LogP contribution in [0.4, 0.5) is 0 Å². The molecule has 1 N–H and O–H groups in total. The number of amides is 1. The number of ether oxygens (including phenoxy) is 1. The quantitative estimate of drug-likeness (QED) is 0.728. The highest BCUT2D eigenvalue weighted by molar-refractivity contribution is 5.85. The Morgan fingerprint density at radius 1 is 1.29 bits per heavy atom. The maximum absolute atomic E-state index is 13.0. The number of nitrogens with zero attached hydrogens (tertiary/aromatic N) is 1. The molecule has 1 aliphatic heterocycles. The topological polar surface area (TPSA) is 41.6 Å². The van der Waals surface area contributed by atoms with Crippen LogP contribution in [-0.2, 0) is 16.1 Å². The summed E-state index contributed by atoms with van der Waals surface area (Å²) < 4.78 is 5.12. The van der Waals surface area contributed by atoms with Crippen molar-refractivity contribution in [1.29, 1.82) is 0 Å². The van der Waals surface area contributed by atoms with E-state index >= 15 is 0 Å². The summed E-state index contributed by atoms with van der Waals surface area (Å²) in [4.78, 5) is 15.0. The van der Waals surface area contributed by atoms with Crippen LogP contribution in [0, 0.1) is 5.92 Å². The molecule has 0 aromatic heterocycles. The predicted molar refractivity (Wildman–Crippen MR) is 100 cm³/mol. The van der Waals surface area contributed by atoms with Gasteiger partial charge in [0.1, 0.15) is 0 Å². The van der Waals surface area contributed by atoms with Crippen LogP contribution < -0.4 is 5.32 Å². The minimum atomic E-state index is 0. The van der Waals surface area contributed by atoms with Gasteiger partial charge in [0.15, 0.2) is 0 Å². The number of carbonyl (C=O) groups is 1. The molecular weight excluding hydrogens is 324 g/mol. The number of nitrogens with one attached hydrogen (secondary N) is 1. The monoisotopic (exact) mass is 354 g/mol. The molecule has 0 bridgehead atoms. The van der Waals surface area contributed by atoms with E-state index < -0.39 is 0 Å². The molecule has 0 radical (unpaired) electrons. The van der Waals surface area contributed by atoms with E-state index in [9.17, 15) is 4.79 Å². The molecule has 5 heteroatoms. The van der Waals surface area contributed by atoms with Gasteiger partial charge in [0, 0.05) is 38.8 Å². The second kappa shape index (κ2) is 11.5. The number of methoxy groups -OCH3 is 1. The zero-order chi connectivity index (χ0) is 16.5. The minimum Gasteiger partial charge on any atom is -0.385 e. The Morgan fingerprint density at radius 3 is 2.71 bits per heavy atom. The molecule has 1 fully saturated rings. The van der Waals surface area contributed by atoms with E-state index in [0.717, 1.165) is 45.4 Å². The van der Waals surface area contributed by atoms with E-state index in [2.05, 4.69) is 24.4 Å². The molecule has 1 saturated heterocycles. The third kappa shape index (κ3) is 6.80. The molecular formula is C19H31ClN2O2. The lowest BCUT2D eigenvalue weighted by atomic mass is 9.91. The number of hydrogen-bond acceptors (Lipinski definition) is 3. The van der Waals surface area contributed by atoms with Crippen molar-refractivity contribution < 1.29 is 9.53 Å². The second-order valence-corrected chi connectivity index (χ2v) is 6.52. The van der Waals surface area contributed by atoms with Crippen molar-refractivity contribution in [1.82, 2.24) is 10.2 Å². The average Bonchev–Trinajstić information content (AvgIpc) is 2.58. The fraction of sp³-hybridized carbons (Fsp3) is 0.632. The van der Waals surface area contributed by atoms with E-state index in [4.69, 9.17) is 4.74 Å². The van der Waals surface area contributed by atoms with Gasteiger partial charge in [-0.1, -0.05) is 30.3 Å². The van der Waals surface area contributed by atoms with Gasteiger partial charge in [0.05, 0.1) is 0 Å². The molecule has 0 unspecified atom stereocenters. The molecule has 0 saturated carbocycles.